The highest BCUT2D eigenvalue weighted by Gasteiger charge is 2.42. The Morgan fingerprint density at radius 2 is 0.925 bits per heavy atom. The molecule has 0 amide bonds. The summed E-state index contributed by atoms with van der Waals surface area (Å²) in [7, 11) is 3.33. The van der Waals surface area contributed by atoms with Gasteiger partial charge in [0, 0.05) is 37.3 Å². The Hall–Kier alpha value is -1.40. The van der Waals surface area contributed by atoms with E-state index in [1.807, 2.05) is 0 Å². The summed E-state index contributed by atoms with van der Waals surface area (Å²) in [5, 5.41) is 0. The SMILES string of the molecule is COCCOCCOCCOCCC1(CCOCCOCCOCCOC)c2ccccc2-c2ccc(Br)cc21. The molecule has 0 N–H and O–H groups in total. The zero-order valence-electron chi connectivity index (χ0n) is 24.0. The Kier molecular flexibility index (Phi) is 16.3. The van der Waals surface area contributed by atoms with E-state index in [4.69, 9.17) is 37.9 Å². The molecule has 2 aromatic carbocycles. The van der Waals surface area contributed by atoms with Crippen LogP contribution in [-0.2, 0) is 43.3 Å². The van der Waals surface area contributed by atoms with Crippen molar-refractivity contribution in [2.24, 2.45) is 0 Å². The van der Waals surface area contributed by atoms with E-state index in [1.165, 1.54) is 22.3 Å². The number of hydrogen-bond donors (Lipinski definition) is 0. The summed E-state index contributed by atoms with van der Waals surface area (Å²) in [6.45, 7) is 7.99. The second-order valence-electron chi connectivity index (χ2n) is 9.48. The summed E-state index contributed by atoms with van der Waals surface area (Å²) in [4.78, 5) is 0. The van der Waals surface area contributed by atoms with E-state index in [1.54, 1.807) is 14.2 Å². The Morgan fingerprint density at radius 1 is 0.500 bits per heavy atom. The third-order valence-electron chi connectivity index (χ3n) is 6.93. The number of hydrogen-bond acceptors (Lipinski definition) is 8. The van der Waals surface area contributed by atoms with Crippen LogP contribution in [0.2, 0.25) is 0 Å². The molecule has 0 bridgehead atoms. The standard InChI is InChI=1S/C31H45BrO8/c1-33-13-15-37-21-23-39-19-17-35-11-9-31(10-12-36-18-20-40-24-22-38-16-14-34-2)29-6-4-3-5-27(29)28-8-7-26(32)25-30(28)31/h3-8,25H,9-24H2,1-2H3. The number of fused-ring (bicyclic) bond motifs is 3. The van der Waals surface area contributed by atoms with Gasteiger partial charge in [-0.2, -0.15) is 0 Å². The summed E-state index contributed by atoms with van der Waals surface area (Å²) in [5.41, 5.74) is 5.04. The molecule has 0 saturated carbocycles. The molecule has 1 aliphatic rings. The Morgan fingerprint density at radius 3 is 1.43 bits per heavy atom. The molecule has 3 rings (SSSR count). The van der Waals surface area contributed by atoms with Gasteiger partial charge in [-0.3, -0.25) is 0 Å². The molecular formula is C31H45BrO8. The first-order chi connectivity index (χ1) is 19.7. The molecule has 9 heteroatoms. The van der Waals surface area contributed by atoms with E-state index in [-0.39, 0.29) is 5.41 Å². The summed E-state index contributed by atoms with van der Waals surface area (Å²) >= 11 is 3.70. The average Bonchev–Trinajstić information content (AvgIpc) is 3.23. The molecule has 2 aromatic rings. The van der Waals surface area contributed by atoms with Crippen molar-refractivity contribution in [2.75, 3.05) is 107 Å². The number of methoxy groups -OCH3 is 2. The number of rotatable bonds is 24. The first-order valence-electron chi connectivity index (χ1n) is 14.1. The minimum Gasteiger partial charge on any atom is -0.382 e. The van der Waals surface area contributed by atoms with Crippen LogP contribution in [0.25, 0.3) is 11.1 Å². The van der Waals surface area contributed by atoms with E-state index < -0.39 is 0 Å². The molecule has 0 radical (unpaired) electrons. The highest BCUT2D eigenvalue weighted by atomic mass is 79.9. The molecule has 1 aliphatic carbocycles. The summed E-state index contributed by atoms with van der Waals surface area (Å²) < 4.78 is 45.3. The highest BCUT2D eigenvalue weighted by molar-refractivity contribution is 9.10. The quantitative estimate of drug-likeness (QED) is 0.153. The molecular weight excluding hydrogens is 580 g/mol. The van der Waals surface area contributed by atoms with E-state index >= 15 is 0 Å². The van der Waals surface area contributed by atoms with Crippen LogP contribution in [0.1, 0.15) is 24.0 Å². The normalized spacial score (nSPS) is 13.5. The lowest BCUT2D eigenvalue weighted by Gasteiger charge is -2.32. The smallest absolute Gasteiger partial charge is 0.0701 e. The second kappa shape index (κ2) is 19.7. The van der Waals surface area contributed by atoms with Gasteiger partial charge < -0.3 is 37.9 Å². The van der Waals surface area contributed by atoms with E-state index in [9.17, 15) is 0 Å². The molecule has 0 aliphatic heterocycles. The van der Waals surface area contributed by atoms with Gasteiger partial charge in [-0.1, -0.05) is 46.3 Å². The molecule has 0 unspecified atom stereocenters. The molecule has 0 spiro atoms. The molecule has 8 nitrogen and oxygen atoms in total. The largest absolute Gasteiger partial charge is 0.382 e. The number of benzene rings is 2. The lowest BCUT2D eigenvalue weighted by atomic mass is 9.73. The topological polar surface area (TPSA) is 73.8 Å². The molecule has 0 aromatic heterocycles. The van der Waals surface area contributed by atoms with Crippen LogP contribution in [-0.4, -0.2) is 107 Å². The highest BCUT2D eigenvalue weighted by Crippen LogP contribution is 2.53. The van der Waals surface area contributed by atoms with Crippen molar-refractivity contribution >= 4 is 15.9 Å². The van der Waals surface area contributed by atoms with Gasteiger partial charge >= 0.3 is 0 Å². The van der Waals surface area contributed by atoms with Gasteiger partial charge in [0.05, 0.1) is 79.3 Å². The molecule has 0 saturated heterocycles. The van der Waals surface area contributed by atoms with Crippen molar-refractivity contribution < 1.29 is 37.9 Å². The van der Waals surface area contributed by atoms with Crippen LogP contribution in [0.15, 0.2) is 46.9 Å². The van der Waals surface area contributed by atoms with Crippen LogP contribution >= 0.6 is 15.9 Å². The Bertz CT molecular complexity index is 931. The van der Waals surface area contributed by atoms with E-state index in [0.717, 1.165) is 17.3 Å². The van der Waals surface area contributed by atoms with E-state index in [2.05, 4.69) is 58.4 Å². The van der Waals surface area contributed by atoms with Crippen molar-refractivity contribution in [3.05, 3.63) is 58.1 Å². The van der Waals surface area contributed by atoms with Crippen molar-refractivity contribution in [1.82, 2.24) is 0 Å². The third-order valence-corrected chi connectivity index (χ3v) is 7.42. The fourth-order valence-electron chi connectivity index (χ4n) is 4.95. The van der Waals surface area contributed by atoms with Gasteiger partial charge in [0.15, 0.2) is 0 Å². The van der Waals surface area contributed by atoms with Crippen LogP contribution < -0.4 is 0 Å². The number of halogens is 1. The fourth-order valence-corrected chi connectivity index (χ4v) is 5.31. The maximum atomic E-state index is 6.05. The number of ether oxygens (including phenoxy) is 8. The van der Waals surface area contributed by atoms with Gasteiger partial charge in [-0.05, 0) is 47.2 Å². The Labute approximate surface area is 247 Å². The first-order valence-corrected chi connectivity index (χ1v) is 14.9. The minimum absolute atomic E-state index is 0.193. The third kappa shape index (κ3) is 10.5. The summed E-state index contributed by atoms with van der Waals surface area (Å²) in [6.07, 6.45) is 1.71. The van der Waals surface area contributed by atoms with Gasteiger partial charge in [-0.25, -0.2) is 0 Å². The molecule has 224 valence electrons. The van der Waals surface area contributed by atoms with Gasteiger partial charge in [0.1, 0.15) is 0 Å². The molecule has 40 heavy (non-hydrogen) atoms. The predicted molar refractivity (Wildman–Crippen MR) is 158 cm³/mol. The zero-order valence-corrected chi connectivity index (χ0v) is 25.6. The van der Waals surface area contributed by atoms with Crippen molar-refractivity contribution in [3.63, 3.8) is 0 Å². The fraction of sp³-hybridized carbons (Fsp3) is 0.613. The van der Waals surface area contributed by atoms with Gasteiger partial charge in [-0.15, -0.1) is 0 Å². The van der Waals surface area contributed by atoms with Crippen LogP contribution in [0.5, 0.6) is 0 Å². The Balaban J connectivity index is 1.50. The first kappa shape index (κ1) is 33.1. The van der Waals surface area contributed by atoms with Crippen LogP contribution in [0.3, 0.4) is 0 Å². The van der Waals surface area contributed by atoms with Crippen LogP contribution in [0.4, 0.5) is 0 Å². The maximum absolute atomic E-state index is 6.05. The monoisotopic (exact) mass is 624 g/mol. The van der Waals surface area contributed by atoms with Crippen LogP contribution in [0, 0.1) is 0 Å². The molecule has 0 atom stereocenters. The lowest BCUT2D eigenvalue weighted by molar-refractivity contribution is -0.00195. The molecule has 0 heterocycles. The van der Waals surface area contributed by atoms with Crippen molar-refractivity contribution in [3.8, 4) is 11.1 Å². The minimum atomic E-state index is -0.193. The lowest BCUT2D eigenvalue weighted by Crippen LogP contribution is -2.29. The van der Waals surface area contributed by atoms with Crippen molar-refractivity contribution in [2.45, 2.75) is 18.3 Å². The molecule has 0 fully saturated rings. The second-order valence-corrected chi connectivity index (χ2v) is 10.4. The van der Waals surface area contributed by atoms with Crippen molar-refractivity contribution in [1.29, 1.82) is 0 Å². The zero-order chi connectivity index (χ0) is 28.3. The maximum Gasteiger partial charge on any atom is 0.0701 e. The summed E-state index contributed by atoms with van der Waals surface area (Å²) in [5.74, 6) is 0. The van der Waals surface area contributed by atoms with E-state index in [0.29, 0.717) is 92.5 Å². The summed E-state index contributed by atoms with van der Waals surface area (Å²) in [6, 6.07) is 15.3. The van der Waals surface area contributed by atoms with Gasteiger partial charge in [0.2, 0.25) is 0 Å². The average molecular weight is 626 g/mol. The van der Waals surface area contributed by atoms with Gasteiger partial charge in [0.25, 0.3) is 0 Å². The predicted octanol–water partition coefficient (Wildman–Crippen LogP) is 4.89.